The molecule has 0 spiro atoms. The molecule has 3 heteroatoms. The smallest absolute Gasteiger partial charge is 0.232 e. The van der Waals surface area contributed by atoms with Gasteiger partial charge in [-0.1, -0.05) is 13.8 Å². The fourth-order valence-corrected chi connectivity index (χ4v) is 1.59. The number of nitrogens with zero attached hydrogens (tertiary/aromatic N) is 1. The maximum atomic E-state index is 11.6. The van der Waals surface area contributed by atoms with Crippen molar-refractivity contribution in [3.05, 3.63) is 0 Å². The molecule has 1 fully saturated rings. The van der Waals surface area contributed by atoms with E-state index in [1.807, 2.05) is 0 Å². The third-order valence-corrected chi connectivity index (χ3v) is 2.76. The zero-order chi connectivity index (χ0) is 10.7. The van der Waals surface area contributed by atoms with E-state index in [1.54, 1.807) is 13.8 Å². The van der Waals surface area contributed by atoms with Gasteiger partial charge in [0.1, 0.15) is 0 Å². The average Bonchev–Trinajstić information content (AvgIpc) is 2.35. The molecule has 0 aromatic heterocycles. The summed E-state index contributed by atoms with van der Waals surface area (Å²) < 4.78 is 0. The minimum absolute atomic E-state index is 0.0560. The lowest BCUT2D eigenvalue weighted by Gasteiger charge is -2.12. The quantitative estimate of drug-likeness (QED) is 0.381. The topological polar surface area (TPSA) is 37.4 Å². The molecule has 76 valence electrons. The Morgan fingerprint density at radius 3 is 2.21 bits per heavy atom. The lowest BCUT2D eigenvalue weighted by Crippen LogP contribution is -2.31. The van der Waals surface area contributed by atoms with Crippen LogP contribution in [-0.4, -0.2) is 23.3 Å². The van der Waals surface area contributed by atoms with Crippen LogP contribution in [0.25, 0.3) is 0 Å². The number of hydrogen-bond donors (Lipinski definition) is 0. The highest BCUT2D eigenvalue weighted by Gasteiger charge is 2.41. The van der Waals surface area contributed by atoms with Crippen LogP contribution in [0.15, 0.2) is 0 Å². The van der Waals surface area contributed by atoms with Gasteiger partial charge in [-0.15, -0.1) is 12.3 Å². The molecule has 1 aliphatic heterocycles. The van der Waals surface area contributed by atoms with Crippen LogP contribution in [0.4, 0.5) is 0 Å². The molecule has 0 aromatic rings. The number of carbonyl (C=O) groups is 2. The van der Waals surface area contributed by atoms with E-state index in [2.05, 4.69) is 5.92 Å². The van der Waals surface area contributed by atoms with Crippen molar-refractivity contribution in [2.75, 3.05) is 6.54 Å². The molecule has 3 nitrogen and oxygen atoms in total. The molecule has 2 unspecified atom stereocenters. The fraction of sp³-hybridized carbons (Fsp3) is 0.636. The van der Waals surface area contributed by atoms with Crippen molar-refractivity contribution in [3.8, 4) is 12.3 Å². The van der Waals surface area contributed by atoms with Gasteiger partial charge in [-0.05, 0) is 6.42 Å². The molecular formula is C11H15NO2. The summed E-state index contributed by atoms with van der Waals surface area (Å²) in [6.07, 6.45) is 6.41. The highest BCUT2D eigenvalue weighted by atomic mass is 16.2. The molecule has 1 heterocycles. The molecule has 2 atom stereocenters. The van der Waals surface area contributed by atoms with Crippen LogP contribution in [0.1, 0.15) is 26.7 Å². The maximum absolute atomic E-state index is 11.6. The zero-order valence-corrected chi connectivity index (χ0v) is 8.62. The van der Waals surface area contributed by atoms with Gasteiger partial charge in [-0.25, -0.2) is 0 Å². The van der Waals surface area contributed by atoms with Gasteiger partial charge >= 0.3 is 0 Å². The van der Waals surface area contributed by atoms with E-state index in [9.17, 15) is 9.59 Å². The van der Waals surface area contributed by atoms with Crippen molar-refractivity contribution in [2.24, 2.45) is 11.8 Å². The Morgan fingerprint density at radius 1 is 1.29 bits per heavy atom. The zero-order valence-electron chi connectivity index (χ0n) is 8.62. The number of amides is 2. The van der Waals surface area contributed by atoms with Crippen molar-refractivity contribution in [2.45, 2.75) is 26.7 Å². The summed E-state index contributed by atoms with van der Waals surface area (Å²) >= 11 is 0. The Morgan fingerprint density at radius 2 is 1.79 bits per heavy atom. The van der Waals surface area contributed by atoms with Gasteiger partial charge in [-0.3, -0.25) is 14.5 Å². The normalized spacial score (nSPS) is 26.8. The van der Waals surface area contributed by atoms with Crippen molar-refractivity contribution in [1.82, 2.24) is 4.90 Å². The number of carbonyl (C=O) groups excluding carboxylic acids is 2. The first kappa shape index (κ1) is 10.8. The van der Waals surface area contributed by atoms with Gasteiger partial charge in [0.15, 0.2) is 0 Å². The lowest BCUT2D eigenvalue weighted by molar-refractivity contribution is -0.139. The van der Waals surface area contributed by atoms with Gasteiger partial charge < -0.3 is 0 Å². The van der Waals surface area contributed by atoms with E-state index in [0.29, 0.717) is 19.4 Å². The van der Waals surface area contributed by atoms with Crippen LogP contribution in [0.2, 0.25) is 0 Å². The first-order valence-corrected chi connectivity index (χ1v) is 4.88. The predicted octanol–water partition coefficient (Wildman–Crippen LogP) is 1.04. The third kappa shape index (κ3) is 1.79. The van der Waals surface area contributed by atoms with E-state index in [4.69, 9.17) is 6.42 Å². The fourth-order valence-electron chi connectivity index (χ4n) is 1.59. The van der Waals surface area contributed by atoms with Crippen molar-refractivity contribution in [3.63, 3.8) is 0 Å². The molecule has 0 saturated carbocycles. The summed E-state index contributed by atoms with van der Waals surface area (Å²) in [5.41, 5.74) is 0. The highest BCUT2D eigenvalue weighted by molar-refractivity contribution is 6.04. The lowest BCUT2D eigenvalue weighted by atomic mass is 10.00. The summed E-state index contributed by atoms with van der Waals surface area (Å²) in [5.74, 6) is 2.04. The summed E-state index contributed by atoms with van der Waals surface area (Å²) in [5, 5.41) is 0. The van der Waals surface area contributed by atoms with E-state index in [1.165, 1.54) is 4.90 Å². The van der Waals surface area contributed by atoms with Crippen LogP contribution >= 0.6 is 0 Å². The summed E-state index contributed by atoms with van der Waals surface area (Å²) in [4.78, 5) is 24.5. The SMILES string of the molecule is C#CCCCN1C(=O)C(C)C(C)C1=O. The molecule has 0 aliphatic carbocycles. The van der Waals surface area contributed by atoms with E-state index in [-0.39, 0.29) is 23.7 Å². The second-order valence-corrected chi connectivity index (χ2v) is 3.71. The minimum atomic E-state index is -0.173. The Labute approximate surface area is 84.5 Å². The number of hydrogen-bond acceptors (Lipinski definition) is 2. The van der Waals surface area contributed by atoms with Crippen molar-refractivity contribution < 1.29 is 9.59 Å². The summed E-state index contributed by atoms with van der Waals surface area (Å²) in [6, 6.07) is 0. The number of likely N-dealkylation sites (tertiary alicyclic amines) is 1. The van der Waals surface area contributed by atoms with Gasteiger partial charge in [0.05, 0.1) is 0 Å². The van der Waals surface area contributed by atoms with Gasteiger partial charge in [-0.2, -0.15) is 0 Å². The van der Waals surface area contributed by atoms with Crippen molar-refractivity contribution >= 4 is 11.8 Å². The van der Waals surface area contributed by atoms with Gasteiger partial charge in [0.2, 0.25) is 11.8 Å². The van der Waals surface area contributed by atoms with E-state index < -0.39 is 0 Å². The molecule has 14 heavy (non-hydrogen) atoms. The number of rotatable bonds is 3. The van der Waals surface area contributed by atoms with Gasteiger partial charge in [0.25, 0.3) is 0 Å². The van der Waals surface area contributed by atoms with E-state index >= 15 is 0 Å². The Kier molecular flexibility index (Phi) is 3.29. The van der Waals surface area contributed by atoms with Gasteiger partial charge in [0, 0.05) is 24.8 Å². The molecular weight excluding hydrogens is 178 g/mol. The molecule has 1 rings (SSSR count). The minimum Gasteiger partial charge on any atom is -0.282 e. The Bertz CT molecular complexity index is 270. The van der Waals surface area contributed by atoms with E-state index in [0.717, 1.165) is 0 Å². The highest BCUT2D eigenvalue weighted by Crippen LogP contribution is 2.25. The molecule has 1 aliphatic rings. The predicted molar refractivity (Wildman–Crippen MR) is 53.1 cm³/mol. The monoisotopic (exact) mass is 193 g/mol. The first-order valence-electron chi connectivity index (χ1n) is 4.88. The average molecular weight is 193 g/mol. The Hall–Kier alpha value is -1.30. The maximum Gasteiger partial charge on any atom is 0.232 e. The Balaban J connectivity index is 2.58. The molecule has 0 aromatic carbocycles. The van der Waals surface area contributed by atoms with Crippen LogP contribution in [0, 0.1) is 24.2 Å². The van der Waals surface area contributed by atoms with Crippen LogP contribution in [-0.2, 0) is 9.59 Å². The number of unbranched alkanes of at least 4 members (excludes halogenated alkanes) is 1. The molecule has 0 bridgehead atoms. The number of terminal acetylenes is 1. The second-order valence-electron chi connectivity index (χ2n) is 3.71. The molecule has 0 radical (unpaired) electrons. The number of imide groups is 1. The molecule has 1 saturated heterocycles. The van der Waals surface area contributed by atoms with Crippen LogP contribution < -0.4 is 0 Å². The standard InChI is InChI=1S/C11H15NO2/c1-4-5-6-7-12-10(13)8(2)9(3)11(12)14/h1,8-9H,5-7H2,2-3H3. The molecule has 0 N–H and O–H groups in total. The second kappa shape index (κ2) is 4.28. The van der Waals surface area contributed by atoms with Crippen LogP contribution in [0.5, 0.6) is 0 Å². The summed E-state index contributed by atoms with van der Waals surface area (Å²) in [6.45, 7) is 4.06. The first-order chi connectivity index (χ1) is 6.59. The third-order valence-electron chi connectivity index (χ3n) is 2.76. The largest absolute Gasteiger partial charge is 0.282 e. The van der Waals surface area contributed by atoms with Crippen molar-refractivity contribution in [1.29, 1.82) is 0 Å². The molecule has 2 amide bonds. The summed E-state index contributed by atoms with van der Waals surface area (Å²) in [7, 11) is 0. The van der Waals surface area contributed by atoms with Crippen LogP contribution in [0.3, 0.4) is 0 Å².